The summed E-state index contributed by atoms with van der Waals surface area (Å²) >= 11 is 3.11. The van der Waals surface area contributed by atoms with Gasteiger partial charge < -0.3 is 15.0 Å². The summed E-state index contributed by atoms with van der Waals surface area (Å²) in [7, 11) is 0. The molecule has 160 valence electrons. The second-order valence-electron chi connectivity index (χ2n) is 6.66. The van der Waals surface area contributed by atoms with Crippen molar-refractivity contribution in [2.24, 2.45) is 0 Å². The van der Waals surface area contributed by atoms with Crippen molar-refractivity contribution in [1.29, 1.82) is 0 Å². The zero-order valence-corrected chi connectivity index (χ0v) is 17.1. The summed E-state index contributed by atoms with van der Waals surface area (Å²) in [6.07, 6.45) is -5.08. The second-order valence-corrected chi connectivity index (χ2v) is 7.58. The summed E-state index contributed by atoms with van der Waals surface area (Å²) in [5, 5.41) is 2.33. The molecule has 0 unspecified atom stereocenters. The molecular formula is C20H17BrF4N2O3. The summed E-state index contributed by atoms with van der Waals surface area (Å²) in [6, 6.07) is 6.82. The number of amides is 2. The minimum atomic E-state index is -4.71. The Morgan fingerprint density at radius 2 is 1.80 bits per heavy atom. The van der Waals surface area contributed by atoms with E-state index in [1.165, 1.54) is 23.1 Å². The van der Waals surface area contributed by atoms with Crippen LogP contribution in [0.3, 0.4) is 0 Å². The standard InChI is InChI=1S/C20H17BrF4N2O3/c21-15-2-1-12(17(22)11-15)9-18(28)26-16-8-13(7-14(10-16)20(23,24)25)19(29)27-3-5-30-6-4-27/h1-2,7-8,10-11H,3-6,9H2,(H,26,28). The van der Waals surface area contributed by atoms with E-state index in [1.54, 1.807) is 6.07 Å². The molecule has 1 fully saturated rings. The van der Waals surface area contributed by atoms with Gasteiger partial charge in [0.25, 0.3) is 5.91 Å². The normalized spacial score (nSPS) is 14.5. The monoisotopic (exact) mass is 488 g/mol. The molecule has 10 heteroatoms. The van der Waals surface area contributed by atoms with Crippen LogP contribution in [0.4, 0.5) is 23.2 Å². The van der Waals surface area contributed by atoms with Gasteiger partial charge in [0, 0.05) is 28.8 Å². The molecule has 1 heterocycles. The summed E-state index contributed by atoms with van der Waals surface area (Å²) in [6.45, 7) is 1.12. The van der Waals surface area contributed by atoms with Crippen molar-refractivity contribution >= 4 is 33.4 Å². The van der Waals surface area contributed by atoms with E-state index in [4.69, 9.17) is 4.74 Å². The first-order valence-electron chi connectivity index (χ1n) is 8.96. The van der Waals surface area contributed by atoms with Gasteiger partial charge in [-0.2, -0.15) is 13.2 Å². The Labute approximate surface area is 178 Å². The molecule has 0 spiro atoms. The van der Waals surface area contributed by atoms with Gasteiger partial charge in [-0.05, 0) is 35.9 Å². The van der Waals surface area contributed by atoms with Crippen LogP contribution in [0.2, 0.25) is 0 Å². The smallest absolute Gasteiger partial charge is 0.378 e. The lowest BCUT2D eigenvalue weighted by Gasteiger charge is -2.27. The average Bonchev–Trinajstić information content (AvgIpc) is 2.69. The number of alkyl halides is 3. The van der Waals surface area contributed by atoms with Crippen LogP contribution >= 0.6 is 15.9 Å². The Morgan fingerprint density at radius 1 is 1.10 bits per heavy atom. The third kappa shape index (κ3) is 5.57. The van der Waals surface area contributed by atoms with E-state index in [0.717, 1.165) is 12.1 Å². The lowest BCUT2D eigenvalue weighted by Crippen LogP contribution is -2.40. The summed E-state index contributed by atoms with van der Waals surface area (Å²) in [5.74, 6) is -1.91. The lowest BCUT2D eigenvalue weighted by atomic mass is 10.1. The molecule has 1 aliphatic rings. The van der Waals surface area contributed by atoms with Crippen LogP contribution < -0.4 is 5.32 Å². The molecule has 30 heavy (non-hydrogen) atoms. The highest BCUT2D eigenvalue weighted by atomic mass is 79.9. The van der Waals surface area contributed by atoms with Crippen molar-refractivity contribution in [1.82, 2.24) is 4.90 Å². The minimum Gasteiger partial charge on any atom is -0.378 e. The van der Waals surface area contributed by atoms with Crippen LogP contribution in [0.5, 0.6) is 0 Å². The van der Waals surface area contributed by atoms with Gasteiger partial charge in [0.05, 0.1) is 25.2 Å². The Hall–Kier alpha value is -2.46. The summed E-state index contributed by atoms with van der Waals surface area (Å²) in [5.41, 5.74) is -1.36. The molecular weight excluding hydrogens is 472 g/mol. The Morgan fingerprint density at radius 3 is 2.43 bits per heavy atom. The fourth-order valence-electron chi connectivity index (χ4n) is 2.98. The van der Waals surface area contributed by atoms with Gasteiger partial charge in [0.15, 0.2) is 0 Å². The van der Waals surface area contributed by atoms with Gasteiger partial charge >= 0.3 is 6.18 Å². The van der Waals surface area contributed by atoms with E-state index < -0.39 is 29.4 Å². The second kappa shape index (κ2) is 9.13. The van der Waals surface area contributed by atoms with E-state index in [9.17, 15) is 27.2 Å². The minimum absolute atomic E-state index is 0.0901. The van der Waals surface area contributed by atoms with Gasteiger partial charge in [-0.1, -0.05) is 22.0 Å². The Bertz CT molecular complexity index is 960. The number of rotatable bonds is 4. The third-order valence-electron chi connectivity index (χ3n) is 4.46. The SMILES string of the molecule is O=C(Cc1ccc(Br)cc1F)Nc1cc(C(=O)N2CCOCC2)cc(C(F)(F)F)c1. The topological polar surface area (TPSA) is 58.6 Å². The maximum Gasteiger partial charge on any atom is 0.416 e. The molecule has 3 rings (SSSR count). The fourth-order valence-corrected chi connectivity index (χ4v) is 3.31. The largest absolute Gasteiger partial charge is 0.416 e. The number of nitrogens with one attached hydrogen (secondary N) is 1. The number of halogens is 5. The number of morpholine rings is 1. The summed E-state index contributed by atoms with van der Waals surface area (Å²) in [4.78, 5) is 26.3. The van der Waals surface area contributed by atoms with Gasteiger partial charge in [-0.25, -0.2) is 4.39 Å². The predicted molar refractivity (Wildman–Crippen MR) is 105 cm³/mol. The highest BCUT2D eigenvalue weighted by Crippen LogP contribution is 2.32. The number of carbonyl (C=O) groups excluding carboxylic acids is 2. The van der Waals surface area contributed by atoms with Crippen molar-refractivity contribution in [3.05, 3.63) is 63.4 Å². The van der Waals surface area contributed by atoms with Gasteiger partial charge in [0.2, 0.25) is 5.91 Å². The van der Waals surface area contributed by atoms with E-state index in [-0.39, 0.29) is 36.3 Å². The number of ether oxygens (including phenoxy) is 1. The number of benzene rings is 2. The first kappa shape index (κ1) is 22.2. The molecule has 0 aromatic heterocycles. The van der Waals surface area contributed by atoms with Gasteiger partial charge in [-0.3, -0.25) is 9.59 Å². The number of anilines is 1. The van der Waals surface area contributed by atoms with Crippen molar-refractivity contribution in [2.75, 3.05) is 31.6 Å². The summed E-state index contributed by atoms with van der Waals surface area (Å²) < 4.78 is 59.5. The predicted octanol–water partition coefficient (Wildman–Crippen LogP) is 4.26. The number of nitrogens with zero attached hydrogens (tertiary/aromatic N) is 1. The molecule has 0 atom stereocenters. The Balaban J connectivity index is 1.83. The zero-order chi connectivity index (χ0) is 21.9. The van der Waals surface area contributed by atoms with Crippen LogP contribution in [-0.2, 0) is 22.1 Å². The molecule has 2 aromatic rings. The number of carbonyl (C=O) groups is 2. The molecule has 5 nitrogen and oxygen atoms in total. The van der Waals surface area contributed by atoms with Crippen LogP contribution in [0, 0.1) is 5.82 Å². The molecule has 0 bridgehead atoms. The molecule has 1 saturated heterocycles. The van der Waals surface area contributed by atoms with E-state index in [0.29, 0.717) is 17.7 Å². The van der Waals surface area contributed by atoms with Crippen LogP contribution in [-0.4, -0.2) is 43.0 Å². The van der Waals surface area contributed by atoms with E-state index >= 15 is 0 Å². The third-order valence-corrected chi connectivity index (χ3v) is 4.95. The Kier molecular flexibility index (Phi) is 6.77. The van der Waals surface area contributed by atoms with Gasteiger partial charge in [0.1, 0.15) is 5.82 Å². The van der Waals surface area contributed by atoms with E-state index in [1.807, 2.05) is 0 Å². The lowest BCUT2D eigenvalue weighted by molar-refractivity contribution is -0.137. The number of hydrogen-bond donors (Lipinski definition) is 1. The number of hydrogen-bond acceptors (Lipinski definition) is 3. The molecule has 1 N–H and O–H groups in total. The molecule has 2 amide bonds. The van der Waals surface area contributed by atoms with Gasteiger partial charge in [-0.15, -0.1) is 0 Å². The first-order valence-corrected chi connectivity index (χ1v) is 9.76. The molecule has 0 saturated carbocycles. The van der Waals surface area contributed by atoms with Crippen LogP contribution in [0.15, 0.2) is 40.9 Å². The maximum absolute atomic E-state index is 13.9. The molecule has 0 radical (unpaired) electrons. The van der Waals surface area contributed by atoms with Crippen molar-refractivity contribution in [3.63, 3.8) is 0 Å². The van der Waals surface area contributed by atoms with Crippen LogP contribution in [0.25, 0.3) is 0 Å². The molecule has 2 aromatic carbocycles. The average molecular weight is 489 g/mol. The zero-order valence-electron chi connectivity index (χ0n) is 15.6. The quantitative estimate of drug-likeness (QED) is 0.654. The first-order chi connectivity index (χ1) is 14.1. The maximum atomic E-state index is 13.9. The van der Waals surface area contributed by atoms with E-state index in [2.05, 4.69) is 21.2 Å². The fraction of sp³-hybridized carbons (Fsp3) is 0.300. The molecule has 0 aliphatic carbocycles. The highest BCUT2D eigenvalue weighted by Gasteiger charge is 2.32. The van der Waals surface area contributed by atoms with Crippen molar-refractivity contribution in [2.45, 2.75) is 12.6 Å². The van der Waals surface area contributed by atoms with Crippen molar-refractivity contribution in [3.8, 4) is 0 Å². The highest BCUT2D eigenvalue weighted by molar-refractivity contribution is 9.10. The molecule has 1 aliphatic heterocycles. The van der Waals surface area contributed by atoms with Crippen molar-refractivity contribution < 1.29 is 31.9 Å². The van der Waals surface area contributed by atoms with Crippen LogP contribution in [0.1, 0.15) is 21.5 Å².